The van der Waals surface area contributed by atoms with Gasteiger partial charge in [-0.2, -0.15) is 0 Å². The first-order valence-corrected chi connectivity index (χ1v) is 6.72. The molecule has 1 N–H and O–H groups in total. The van der Waals surface area contributed by atoms with Crippen molar-refractivity contribution in [3.63, 3.8) is 0 Å². The molecule has 1 aromatic carbocycles. The molecule has 3 heteroatoms. The Morgan fingerprint density at radius 1 is 1.16 bits per heavy atom. The summed E-state index contributed by atoms with van der Waals surface area (Å²) in [4.78, 5) is 4.19. The smallest absolute Gasteiger partial charge is 0.126 e. The number of hydrogen-bond donors (Lipinski definition) is 1. The van der Waals surface area contributed by atoms with Crippen molar-refractivity contribution >= 4 is 5.82 Å². The molecule has 0 atom stereocenters. The first kappa shape index (κ1) is 12.0. The third-order valence-electron chi connectivity index (χ3n) is 3.56. The summed E-state index contributed by atoms with van der Waals surface area (Å²) in [6, 6.07) is 10.4. The lowest BCUT2D eigenvalue weighted by atomic mass is 10.1. The van der Waals surface area contributed by atoms with E-state index in [-0.39, 0.29) is 0 Å². The average Bonchev–Trinajstić information content (AvgIpc) is 2.93. The van der Waals surface area contributed by atoms with Crippen LogP contribution in [0.1, 0.15) is 23.1 Å². The van der Waals surface area contributed by atoms with E-state index in [0.29, 0.717) is 6.61 Å². The SMILES string of the molecule is CNc1cc(COc2ccc3c(c2)CCC3)ccn1. The maximum atomic E-state index is 5.86. The van der Waals surface area contributed by atoms with Gasteiger partial charge in [0.15, 0.2) is 0 Å². The number of aryl methyl sites for hydroxylation is 2. The molecule has 0 radical (unpaired) electrons. The standard InChI is InChI=1S/C16H18N2O/c1-17-16-9-12(7-8-18-16)11-19-15-6-5-13-3-2-4-14(13)10-15/h5-10H,2-4,11H2,1H3,(H,17,18). The van der Waals surface area contributed by atoms with Gasteiger partial charge in [-0.15, -0.1) is 0 Å². The van der Waals surface area contributed by atoms with Crippen molar-refractivity contribution in [1.29, 1.82) is 0 Å². The van der Waals surface area contributed by atoms with Crippen LogP contribution in [0.5, 0.6) is 5.75 Å². The van der Waals surface area contributed by atoms with E-state index in [1.54, 1.807) is 6.20 Å². The van der Waals surface area contributed by atoms with E-state index in [1.165, 1.54) is 30.4 Å². The lowest BCUT2D eigenvalue weighted by Gasteiger charge is -2.09. The number of benzene rings is 1. The van der Waals surface area contributed by atoms with E-state index >= 15 is 0 Å². The molecular weight excluding hydrogens is 236 g/mol. The number of aromatic nitrogens is 1. The molecule has 0 aliphatic heterocycles. The normalized spacial score (nSPS) is 13.1. The zero-order valence-corrected chi connectivity index (χ0v) is 11.1. The number of ether oxygens (including phenoxy) is 1. The Kier molecular flexibility index (Phi) is 3.36. The highest BCUT2D eigenvalue weighted by Gasteiger charge is 2.11. The van der Waals surface area contributed by atoms with E-state index in [2.05, 4.69) is 28.5 Å². The first-order chi connectivity index (χ1) is 9.35. The van der Waals surface area contributed by atoms with Crippen LogP contribution in [0.4, 0.5) is 5.82 Å². The van der Waals surface area contributed by atoms with E-state index < -0.39 is 0 Å². The summed E-state index contributed by atoms with van der Waals surface area (Å²) in [6.07, 6.45) is 5.47. The van der Waals surface area contributed by atoms with Crippen molar-refractivity contribution in [2.24, 2.45) is 0 Å². The summed E-state index contributed by atoms with van der Waals surface area (Å²) in [6.45, 7) is 0.579. The molecule has 1 aromatic heterocycles. The Hall–Kier alpha value is -2.03. The highest BCUT2D eigenvalue weighted by Crippen LogP contribution is 2.26. The van der Waals surface area contributed by atoms with Crippen LogP contribution >= 0.6 is 0 Å². The van der Waals surface area contributed by atoms with Gasteiger partial charge >= 0.3 is 0 Å². The van der Waals surface area contributed by atoms with Gasteiger partial charge < -0.3 is 10.1 Å². The van der Waals surface area contributed by atoms with Crippen molar-refractivity contribution < 1.29 is 4.74 Å². The van der Waals surface area contributed by atoms with Crippen molar-refractivity contribution in [3.8, 4) is 5.75 Å². The number of nitrogens with zero attached hydrogens (tertiary/aromatic N) is 1. The summed E-state index contributed by atoms with van der Waals surface area (Å²) in [5, 5.41) is 3.03. The topological polar surface area (TPSA) is 34.1 Å². The van der Waals surface area contributed by atoms with Crippen molar-refractivity contribution in [3.05, 3.63) is 53.2 Å². The first-order valence-electron chi connectivity index (χ1n) is 6.72. The summed E-state index contributed by atoms with van der Waals surface area (Å²) in [5.74, 6) is 1.83. The Morgan fingerprint density at radius 3 is 2.95 bits per heavy atom. The fourth-order valence-corrected chi connectivity index (χ4v) is 2.51. The molecule has 19 heavy (non-hydrogen) atoms. The zero-order valence-electron chi connectivity index (χ0n) is 11.1. The van der Waals surface area contributed by atoms with Gasteiger partial charge in [-0.25, -0.2) is 4.98 Å². The number of fused-ring (bicyclic) bond motifs is 1. The van der Waals surface area contributed by atoms with Crippen LogP contribution in [0.15, 0.2) is 36.5 Å². The summed E-state index contributed by atoms with van der Waals surface area (Å²) in [7, 11) is 1.87. The van der Waals surface area contributed by atoms with Crippen LogP contribution in [0.3, 0.4) is 0 Å². The second kappa shape index (κ2) is 5.31. The lowest BCUT2D eigenvalue weighted by Crippen LogP contribution is -1.99. The molecule has 1 heterocycles. The lowest BCUT2D eigenvalue weighted by molar-refractivity contribution is 0.306. The minimum Gasteiger partial charge on any atom is -0.489 e. The Labute approximate surface area is 113 Å². The zero-order chi connectivity index (χ0) is 13.1. The van der Waals surface area contributed by atoms with E-state index in [9.17, 15) is 0 Å². The molecule has 3 nitrogen and oxygen atoms in total. The molecule has 2 aromatic rings. The molecule has 0 saturated heterocycles. The minimum absolute atomic E-state index is 0.579. The Bertz CT molecular complexity index is 581. The number of nitrogens with one attached hydrogen (secondary N) is 1. The molecule has 0 bridgehead atoms. The molecule has 0 saturated carbocycles. The summed E-state index contributed by atoms with van der Waals surface area (Å²) >= 11 is 0. The Balaban J connectivity index is 1.68. The van der Waals surface area contributed by atoms with Gasteiger partial charge in [0.2, 0.25) is 0 Å². The molecular formula is C16H18N2O. The molecule has 98 valence electrons. The van der Waals surface area contributed by atoms with Gasteiger partial charge in [0, 0.05) is 13.2 Å². The molecule has 1 aliphatic carbocycles. The average molecular weight is 254 g/mol. The number of rotatable bonds is 4. The van der Waals surface area contributed by atoms with Crippen LogP contribution in [0.25, 0.3) is 0 Å². The minimum atomic E-state index is 0.579. The van der Waals surface area contributed by atoms with Gasteiger partial charge in [0.25, 0.3) is 0 Å². The largest absolute Gasteiger partial charge is 0.489 e. The summed E-state index contributed by atoms with van der Waals surface area (Å²) in [5.41, 5.74) is 4.05. The van der Waals surface area contributed by atoms with Crippen molar-refractivity contribution in [2.45, 2.75) is 25.9 Å². The fourth-order valence-electron chi connectivity index (χ4n) is 2.51. The molecule has 0 unspecified atom stereocenters. The highest BCUT2D eigenvalue weighted by atomic mass is 16.5. The second-order valence-corrected chi connectivity index (χ2v) is 4.87. The van der Waals surface area contributed by atoms with Crippen molar-refractivity contribution in [1.82, 2.24) is 4.98 Å². The second-order valence-electron chi connectivity index (χ2n) is 4.87. The van der Waals surface area contributed by atoms with Crippen LogP contribution in [-0.4, -0.2) is 12.0 Å². The maximum absolute atomic E-state index is 5.86. The predicted octanol–water partition coefficient (Wildman–Crippen LogP) is 3.19. The van der Waals surface area contributed by atoms with Crippen molar-refractivity contribution in [2.75, 3.05) is 12.4 Å². The van der Waals surface area contributed by atoms with Crippen LogP contribution in [0.2, 0.25) is 0 Å². The van der Waals surface area contributed by atoms with Gasteiger partial charge in [0.1, 0.15) is 18.2 Å². The molecule has 0 amide bonds. The third-order valence-corrected chi connectivity index (χ3v) is 3.56. The number of pyridine rings is 1. The van der Waals surface area contributed by atoms with Gasteiger partial charge in [-0.1, -0.05) is 6.07 Å². The predicted molar refractivity (Wildman–Crippen MR) is 76.6 cm³/mol. The number of anilines is 1. The quantitative estimate of drug-likeness (QED) is 0.909. The van der Waals surface area contributed by atoms with Gasteiger partial charge in [0.05, 0.1) is 0 Å². The molecule has 3 rings (SSSR count). The highest BCUT2D eigenvalue weighted by molar-refractivity contribution is 5.39. The molecule has 0 fully saturated rings. The van der Waals surface area contributed by atoms with Crippen LogP contribution in [0, 0.1) is 0 Å². The van der Waals surface area contributed by atoms with E-state index in [0.717, 1.165) is 17.1 Å². The van der Waals surface area contributed by atoms with E-state index in [1.807, 2.05) is 19.2 Å². The van der Waals surface area contributed by atoms with Crippen LogP contribution < -0.4 is 10.1 Å². The van der Waals surface area contributed by atoms with E-state index in [4.69, 9.17) is 4.74 Å². The van der Waals surface area contributed by atoms with Gasteiger partial charge in [-0.3, -0.25) is 0 Å². The third kappa shape index (κ3) is 2.70. The molecule has 0 spiro atoms. The Morgan fingerprint density at radius 2 is 2.05 bits per heavy atom. The molecule has 1 aliphatic rings. The number of hydrogen-bond acceptors (Lipinski definition) is 3. The van der Waals surface area contributed by atoms with Gasteiger partial charge in [-0.05, 0) is 60.2 Å². The monoisotopic (exact) mass is 254 g/mol. The maximum Gasteiger partial charge on any atom is 0.126 e. The summed E-state index contributed by atoms with van der Waals surface area (Å²) < 4.78 is 5.86. The fraction of sp³-hybridized carbons (Fsp3) is 0.312. The van der Waals surface area contributed by atoms with Crippen LogP contribution in [-0.2, 0) is 19.4 Å².